The van der Waals surface area contributed by atoms with E-state index in [9.17, 15) is 9.59 Å². The zero-order chi connectivity index (χ0) is 17.5. The van der Waals surface area contributed by atoms with Crippen LogP contribution in [0.5, 0.6) is 0 Å². The van der Waals surface area contributed by atoms with Gasteiger partial charge in [0, 0.05) is 19.6 Å². The number of nitrogens with one attached hydrogen (secondary N) is 2. The molecule has 0 aliphatic carbocycles. The van der Waals surface area contributed by atoms with Gasteiger partial charge in [-0.2, -0.15) is 0 Å². The molecule has 1 aromatic rings. The summed E-state index contributed by atoms with van der Waals surface area (Å²) in [6, 6.07) is 10.2. The Balaban J connectivity index is 0.00000243. The van der Waals surface area contributed by atoms with Gasteiger partial charge in [0.1, 0.15) is 6.04 Å². The van der Waals surface area contributed by atoms with Crippen LogP contribution in [0.4, 0.5) is 0 Å². The van der Waals surface area contributed by atoms with Crippen molar-refractivity contribution in [3.63, 3.8) is 0 Å². The molecule has 0 radical (unpaired) electrons. The number of ether oxygens (including phenoxy) is 1. The SMILES string of the molecule is Cl.O=C(NCC(=O)N1CCC(Cc2ccccc2)CC1)C1COCCN1. The lowest BCUT2D eigenvalue weighted by Gasteiger charge is -2.32. The van der Waals surface area contributed by atoms with Gasteiger partial charge < -0.3 is 20.3 Å². The highest BCUT2D eigenvalue weighted by molar-refractivity contribution is 5.87. The largest absolute Gasteiger partial charge is 0.378 e. The first-order valence-corrected chi connectivity index (χ1v) is 9.13. The molecule has 2 N–H and O–H groups in total. The average Bonchev–Trinajstić information content (AvgIpc) is 2.68. The predicted octanol–water partition coefficient (Wildman–Crippen LogP) is 0.994. The third-order valence-electron chi connectivity index (χ3n) is 4.99. The highest BCUT2D eigenvalue weighted by atomic mass is 35.5. The molecule has 6 nitrogen and oxygen atoms in total. The molecule has 1 unspecified atom stereocenters. The number of benzene rings is 1. The molecule has 3 rings (SSSR count). The number of rotatable bonds is 5. The number of carbonyl (C=O) groups is 2. The van der Waals surface area contributed by atoms with Crippen molar-refractivity contribution in [2.24, 2.45) is 5.92 Å². The highest BCUT2D eigenvalue weighted by Crippen LogP contribution is 2.21. The fourth-order valence-corrected chi connectivity index (χ4v) is 3.47. The van der Waals surface area contributed by atoms with Gasteiger partial charge in [-0.25, -0.2) is 0 Å². The standard InChI is InChI=1S/C19H27N3O3.ClH/c23-18(13-21-19(24)17-14-25-11-8-20-17)22-9-6-16(7-10-22)12-15-4-2-1-3-5-15;/h1-5,16-17,20H,6-14H2,(H,21,24);1H. The molecule has 2 amide bonds. The van der Waals surface area contributed by atoms with E-state index in [4.69, 9.17) is 4.74 Å². The predicted molar refractivity (Wildman–Crippen MR) is 102 cm³/mol. The van der Waals surface area contributed by atoms with E-state index in [0.717, 1.165) is 32.4 Å². The molecule has 0 aromatic heterocycles. The fourth-order valence-electron chi connectivity index (χ4n) is 3.47. The third kappa shape index (κ3) is 5.97. The number of halogens is 1. The van der Waals surface area contributed by atoms with E-state index in [0.29, 0.717) is 25.7 Å². The summed E-state index contributed by atoms with van der Waals surface area (Å²) in [6.07, 6.45) is 3.12. The quantitative estimate of drug-likeness (QED) is 0.798. The van der Waals surface area contributed by atoms with E-state index in [-0.39, 0.29) is 36.8 Å². The first-order chi connectivity index (χ1) is 12.2. The van der Waals surface area contributed by atoms with Crippen LogP contribution in [-0.4, -0.2) is 62.1 Å². The molecule has 1 atom stereocenters. The van der Waals surface area contributed by atoms with Gasteiger partial charge in [0.25, 0.3) is 0 Å². The Kier molecular flexibility index (Phi) is 8.35. The monoisotopic (exact) mass is 381 g/mol. The minimum atomic E-state index is -0.349. The smallest absolute Gasteiger partial charge is 0.241 e. The van der Waals surface area contributed by atoms with Crippen LogP contribution in [0, 0.1) is 5.92 Å². The second-order valence-corrected chi connectivity index (χ2v) is 6.81. The molecule has 2 aliphatic heterocycles. The molecule has 26 heavy (non-hydrogen) atoms. The van der Waals surface area contributed by atoms with Crippen LogP contribution in [0.3, 0.4) is 0 Å². The van der Waals surface area contributed by atoms with Crippen molar-refractivity contribution in [1.29, 1.82) is 0 Å². The van der Waals surface area contributed by atoms with Crippen LogP contribution in [0.2, 0.25) is 0 Å². The zero-order valence-corrected chi connectivity index (χ0v) is 15.8. The summed E-state index contributed by atoms with van der Waals surface area (Å²) >= 11 is 0. The number of amides is 2. The van der Waals surface area contributed by atoms with E-state index in [1.54, 1.807) is 0 Å². The van der Waals surface area contributed by atoms with E-state index in [1.165, 1.54) is 5.56 Å². The van der Waals surface area contributed by atoms with Gasteiger partial charge in [-0.3, -0.25) is 9.59 Å². The van der Waals surface area contributed by atoms with Crippen molar-refractivity contribution in [3.8, 4) is 0 Å². The molecule has 0 spiro atoms. The van der Waals surface area contributed by atoms with Crippen LogP contribution in [0.15, 0.2) is 30.3 Å². The molecule has 0 saturated carbocycles. The van der Waals surface area contributed by atoms with E-state index >= 15 is 0 Å². The summed E-state index contributed by atoms with van der Waals surface area (Å²) in [5.74, 6) is 0.472. The number of piperidine rings is 1. The molecule has 2 saturated heterocycles. The second-order valence-electron chi connectivity index (χ2n) is 6.81. The van der Waals surface area contributed by atoms with Gasteiger partial charge in [-0.1, -0.05) is 30.3 Å². The Morgan fingerprint density at radius 3 is 2.58 bits per heavy atom. The highest BCUT2D eigenvalue weighted by Gasteiger charge is 2.25. The Morgan fingerprint density at radius 1 is 1.19 bits per heavy atom. The Hall–Kier alpha value is -1.63. The van der Waals surface area contributed by atoms with Crippen molar-refractivity contribution < 1.29 is 14.3 Å². The van der Waals surface area contributed by atoms with Crippen LogP contribution in [0.25, 0.3) is 0 Å². The maximum Gasteiger partial charge on any atom is 0.241 e. The molecular weight excluding hydrogens is 354 g/mol. The summed E-state index contributed by atoms with van der Waals surface area (Å²) in [5.41, 5.74) is 1.36. The van der Waals surface area contributed by atoms with Crippen LogP contribution in [-0.2, 0) is 20.7 Å². The Labute approximate surface area is 161 Å². The average molecular weight is 382 g/mol. The van der Waals surface area contributed by atoms with Gasteiger partial charge in [-0.15, -0.1) is 12.4 Å². The van der Waals surface area contributed by atoms with Gasteiger partial charge >= 0.3 is 0 Å². The topological polar surface area (TPSA) is 70.7 Å². The van der Waals surface area contributed by atoms with E-state index < -0.39 is 0 Å². The van der Waals surface area contributed by atoms with Crippen LogP contribution in [0.1, 0.15) is 18.4 Å². The van der Waals surface area contributed by atoms with E-state index in [2.05, 4.69) is 34.9 Å². The third-order valence-corrected chi connectivity index (χ3v) is 4.99. The van der Waals surface area contributed by atoms with Gasteiger partial charge in [0.15, 0.2) is 0 Å². The van der Waals surface area contributed by atoms with Crippen molar-refractivity contribution in [3.05, 3.63) is 35.9 Å². The zero-order valence-electron chi connectivity index (χ0n) is 15.0. The number of likely N-dealkylation sites (tertiary alicyclic amines) is 1. The molecule has 1 aromatic carbocycles. The lowest BCUT2D eigenvalue weighted by Crippen LogP contribution is -2.53. The van der Waals surface area contributed by atoms with Gasteiger partial charge in [-0.05, 0) is 30.7 Å². The number of carbonyl (C=O) groups excluding carboxylic acids is 2. The molecule has 2 heterocycles. The maximum absolute atomic E-state index is 12.3. The summed E-state index contributed by atoms with van der Waals surface area (Å²) in [6.45, 7) is 3.28. The Morgan fingerprint density at radius 2 is 1.92 bits per heavy atom. The number of nitrogens with zero attached hydrogens (tertiary/aromatic N) is 1. The van der Waals surface area contributed by atoms with Crippen molar-refractivity contribution in [2.45, 2.75) is 25.3 Å². The van der Waals surface area contributed by atoms with Gasteiger partial charge in [0.2, 0.25) is 11.8 Å². The summed E-state index contributed by atoms with van der Waals surface area (Å²) in [5, 5.41) is 5.82. The number of hydrogen-bond acceptors (Lipinski definition) is 4. The second kappa shape index (κ2) is 10.5. The molecule has 7 heteroatoms. The first-order valence-electron chi connectivity index (χ1n) is 9.13. The summed E-state index contributed by atoms with van der Waals surface area (Å²) < 4.78 is 5.27. The minimum Gasteiger partial charge on any atom is -0.378 e. The maximum atomic E-state index is 12.3. The van der Waals surface area contributed by atoms with Crippen molar-refractivity contribution >= 4 is 24.2 Å². The number of morpholine rings is 1. The van der Waals surface area contributed by atoms with Crippen molar-refractivity contribution in [1.82, 2.24) is 15.5 Å². The first kappa shape index (κ1) is 20.7. The fraction of sp³-hybridized carbons (Fsp3) is 0.579. The Bertz CT molecular complexity index is 571. The molecule has 0 bridgehead atoms. The molecule has 2 aliphatic rings. The normalized spacial score (nSPS) is 20.9. The van der Waals surface area contributed by atoms with Crippen LogP contribution < -0.4 is 10.6 Å². The summed E-state index contributed by atoms with van der Waals surface area (Å²) in [4.78, 5) is 26.2. The molecular formula is C19H28ClN3O3. The molecule has 2 fully saturated rings. The van der Waals surface area contributed by atoms with Crippen LogP contribution >= 0.6 is 12.4 Å². The minimum absolute atomic E-state index is 0. The van der Waals surface area contributed by atoms with Crippen molar-refractivity contribution in [2.75, 3.05) is 39.4 Å². The lowest BCUT2D eigenvalue weighted by atomic mass is 9.90. The van der Waals surface area contributed by atoms with Gasteiger partial charge in [0.05, 0.1) is 19.8 Å². The summed E-state index contributed by atoms with van der Waals surface area (Å²) in [7, 11) is 0. The van der Waals surface area contributed by atoms with E-state index in [1.807, 2.05) is 11.0 Å². The lowest BCUT2D eigenvalue weighted by molar-refractivity contribution is -0.135. The molecule has 144 valence electrons. The number of hydrogen-bond donors (Lipinski definition) is 2.